The van der Waals surface area contributed by atoms with Crippen molar-refractivity contribution in [3.05, 3.63) is 12.7 Å². The molecule has 2 heterocycles. The van der Waals surface area contributed by atoms with E-state index in [9.17, 15) is 4.79 Å². The van der Waals surface area contributed by atoms with Gasteiger partial charge < -0.3 is 20.4 Å². The number of nitrogens with zero attached hydrogens (tertiary/aromatic N) is 2. The Hall–Kier alpha value is -1.93. The maximum atomic E-state index is 11.6. The number of carboxylic acids is 2. The molecular weight excluding hydrogens is 326 g/mol. The van der Waals surface area contributed by atoms with Gasteiger partial charge in [0.15, 0.2) is 0 Å². The van der Waals surface area contributed by atoms with Gasteiger partial charge in [0.05, 0.1) is 6.54 Å². The van der Waals surface area contributed by atoms with Gasteiger partial charge in [-0.15, -0.1) is 6.58 Å². The average molecular weight is 355 g/mol. The molecule has 0 bridgehead atoms. The average Bonchev–Trinajstić information content (AvgIpc) is 2.62. The second kappa shape index (κ2) is 11.6. The van der Waals surface area contributed by atoms with Crippen LogP contribution in [0.4, 0.5) is 0 Å². The molecule has 142 valence electrons. The van der Waals surface area contributed by atoms with Gasteiger partial charge in [-0.1, -0.05) is 12.5 Å². The van der Waals surface area contributed by atoms with E-state index in [2.05, 4.69) is 21.7 Å². The largest absolute Gasteiger partial charge is 0.473 e. The van der Waals surface area contributed by atoms with Crippen LogP contribution in [0.25, 0.3) is 0 Å². The van der Waals surface area contributed by atoms with Gasteiger partial charge in [-0.3, -0.25) is 9.69 Å². The number of carbonyl (C=O) groups is 3. The third kappa shape index (κ3) is 8.64. The van der Waals surface area contributed by atoms with Crippen molar-refractivity contribution in [2.45, 2.75) is 38.1 Å². The Balaban J connectivity index is 0.000000450. The fourth-order valence-corrected chi connectivity index (χ4v) is 3.17. The van der Waals surface area contributed by atoms with E-state index in [4.69, 9.17) is 19.8 Å². The van der Waals surface area contributed by atoms with Crippen LogP contribution in [0, 0.1) is 0 Å². The molecule has 0 radical (unpaired) electrons. The Kier molecular flexibility index (Phi) is 9.79. The lowest BCUT2D eigenvalue weighted by Crippen LogP contribution is -2.48. The van der Waals surface area contributed by atoms with E-state index in [0.29, 0.717) is 13.1 Å². The van der Waals surface area contributed by atoms with E-state index >= 15 is 0 Å². The highest BCUT2D eigenvalue weighted by Gasteiger charge is 2.26. The monoisotopic (exact) mass is 355 g/mol. The number of piperidine rings is 2. The molecule has 2 fully saturated rings. The van der Waals surface area contributed by atoms with E-state index in [1.807, 2.05) is 0 Å². The number of nitrogens with one attached hydrogen (secondary N) is 1. The summed E-state index contributed by atoms with van der Waals surface area (Å²) in [4.78, 5) is 34.8. The Morgan fingerprint density at radius 1 is 1.00 bits per heavy atom. The fraction of sp³-hybridized carbons (Fsp3) is 0.706. The highest BCUT2D eigenvalue weighted by Crippen LogP contribution is 2.20. The molecule has 0 aromatic rings. The molecule has 25 heavy (non-hydrogen) atoms. The quantitative estimate of drug-likeness (QED) is 0.483. The summed E-state index contributed by atoms with van der Waals surface area (Å²) in [6.07, 6.45) is 8.29. The summed E-state index contributed by atoms with van der Waals surface area (Å²) in [6, 6.07) is 0.757. The van der Waals surface area contributed by atoms with Gasteiger partial charge >= 0.3 is 11.9 Å². The highest BCUT2D eigenvalue weighted by molar-refractivity contribution is 6.27. The first-order valence-corrected chi connectivity index (χ1v) is 8.74. The van der Waals surface area contributed by atoms with E-state index in [0.717, 1.165) is 19.1 Å². The van der Waals surface area contributed by atoms with E-state index in [-0.39, 0.29) is 5.91 Å². The lowest BCUT2D eigenvalue weighted by atomic mass is 10.00. The molecule has 0 unspecified atom stereocenters. The van der Waals surface area contributed by atoms with Crippen molar-refractivity contribution in [2.75, 3.05) is 39.3 Å². The van der Waals surface area contributed by atoms with Gasteiger partial charge in [-0.2, -0.15) is 0 Å². The molecule has 0 aliphatic carbocycles. The molecule has 0 spiro atoms. The minimum Gasteiger partial charge on any atom is -0.473 e. The summed E-state index contributed by atoms with van der Waals surface area (Å²) in [5.74, 6) is -3.53. The predicted octanol–water partition coefficient (Wildman–Crippen LogP) is 0.395. The van der Waals surface area contributed by atoms with Crippen molar-refractivity contribution < 1.29 is 24.6 Å². The number of aliphatic carboxylic acids is 2. The molecule has 2 aliphatic rings. The van der Waals surface area contributed by atoms with Crippen molar-refractivity contribution in [1.82, 2.24) is 15.1 Å². The normalized spacial score (nSPS) is 19.4. The van der Waals surface area contributed by atoms with Crippen molar-refractivity contribution in [3.63, 3.8) is 0 Å². The number of carboxylic acid groups (broad SMARTS) is 2. The zero-order valence-corrected chi connectivity index (χ0v) is 14.7. The number of rotatable bonds is 5. The summed E-state index contributed by atoms with van der Waals surface area (Å²) in [5, 5.41) is 17.6. The van der Waals surface area contributed by atoms with Gasteiger partial charge in [0, 0.05) is 25.7 Å². The number of carbonyl (C=O) groups excluding carboxylic acids is 1. The lowest BCUT2D eigenvalue weighted by molar-refractivity contribution is -0.159. The lowest BCUT2D eigenvalue weighted by Gasteiger charge is -2.40. The highest BCUT2D eigenvalue weighted by atomic mass is 16.4. The molecule has 8 heteroatoms. The minimum atomic E-state index is -1.82. The first-order chi connectivity index (χ1) is 11.9. The second-order valence-electron chi connectivity index (χ2n) is 6.31. The standard InChI is InChI=1S/C15H27N3O.C2H2O4/c1-2-8-16-15(19)13-17-11-6-14(7-12-17)18-9-4-3-5-10-18;3-1(4)2(5)6/h2,14H,1,3-13H2,(H,16,19);(H,3,4)(H,5,6). The Labute approximate surface area is 148 Å². The Bertz CT molecular complexity index is 443. The van der Waals surface area contributed by atoms with Gasteiger partial charge in [0.2, 0.25) is 5.91 Å². The summed E-state index contributed by atoms with van der Waals surface area (Å²) in [6.45, 7) is 9.40. The third-order valence-electron chi connectivity index (χ3n) is 4.46. The van der Waals surface area contributed by atoms with Crippen molar-refractivity contribution in [2.24, 2.45) is 0 Å². The third-order valence-corrected chi connectivity index (χ3v) is 4.46. The van der Waals surface area contributed by atoms with Crippen LogP contribution in [0.2, 0.25) is 0 Å². The van der Waals surface area contributed by atoms with Crippen molar-refractivity contribution in [1.29, 1.82) is 0 Å². The number of amides is 1. The summed E-state index contributed by atoms with van der Waals surface area (Å²) < 4.78 is 0. The molecule has 2 aliphatic heterocycles. The van der Waals surface area contributed by atoms with Crippen LogP contribution in [0.5, 0.6) is 0 Å². The molecule has 0 atom stereocenters. The van der Waals surface area contributed by atoms with Crippen LogP contribution >= 0.6 is 0 Å². The van der Waals surface area contributed by atoms with Crippen LogP contribution in [0.1, 0.15) is 32.1 Å². The molecule has 0 saturated carbocycles. The van der Waals surface area contributed by atoms with E-state index in [1.54, 1.807) is 6.08 Å². The molecule has 1 amide bonds. The van der Waals surface area contributed by atoms with Crippen LogP contribution < -0.4 is 5.32 Å². The SMILES string of the molecule is C=CCNC(=O)CN1CCC(N2CCCCC2)CC1.O=C(O)C(=O)O. The molecular formula is C17H29N3O5. The molecule has 8 nitrogen and oxygen atoms in total. The van der Waals surface area contributed by atoms with Gasteiger partial charge in [-0.05, 0) is 38.8 Å². The first kappa shape index (κ1) is 21.1. The summed E-state index contributed by atoms with van der Waals surface area (Å²) in [7, 11) is 0. The smallest absolute Gasteiger partial charge is 0.414 e. The predicted molar refractivity (Wildman–Crippen MR) is 93.4 cm³/mol. The number of likely N-dealkylation sites (tertiary alicyclic amines) is 2. The topological polar surface area (TPSA) is 110 Å². The van der Waals surface area contributed by atoms with Crippen LogP contribution in [0.3, 0.4) is 0 Å². The van der Waals surface area contributed by atoms with E-state index in [1.165, 1.54) is 45.2 Å². The first-order valence-electron chi connectivity index (χ1n) is 8.74. The Morgan fingerprint density at radius 3 is 2.04 bits per heavy atom. The molecule has 3 N–H and O–H groups in total. The minimum absolute atomic E-state index is 0.122. The van der Waals surface area contributed by atoms with Crippen LogP contribution in [-0.2, 0) is 14.4 Å². The van der Waals surface area contributed by atoms with Crippen LogP contribution in [0.15, 0.2) is 12.7 Å². The number of hydrogen-bond donors (Lipinski definition) is 3. The van der Waals surface area contributed by atoms with Crippen molar-refractivity contribution in [3.8, 4) is 0 Å². The molecule has 2 rings (SSSR count). The fourth-order valence-electron chi connectivity index (χ4n) is 3.17. The molecule has 2 saturated heterocycles. The zero-order chi connectivity index (χ0) is 18.7. The van der Waals surface area contributed by atoms with Gasteiger partial charge in [0.25, 0.3) is 0 Å². The summed E-state index contributed by atoms with van der Waals surface area (Å²) >= 11 is 0. The maximum Gasteiger partial charge on any atom is 0.414 e. The van der Waals surface area contributed by atoms with Crippen molar-refractivity contribution >= 4 is 17.8 Å². The summed E-state index contributed by atoms with van der Waals surface area (Å²) in [5.41, 5.74) is 0. The second-order valence-corrected chi connectivity index (χ2v) is 6.31. The van der Waals surface area contributed by atoms with Gasteiger partial charge in [-0.25, -0.2) is 9.59 Å². The van der Waals surface area contributed by atoms with Gasteiger partial charge in [0.1, 0.15) is 0 Å². The zero-order valence-electron chi connectivity index (χ0n) is 14.7. The maximum absolute atomic E-state index is 11.6. The molecule has 0 aromatic heterocycles. The Morgan fingerprint density at radius 2 is 1.56 bits per heavy atom. The number of hydrogen-bond acceptors (Lipinski definition) is 5. The molecule has 0 aromatic carbocycles. The van der Waals surface area contributed by atoms with Crippen LogP contribution in [-0.4, -0.2) is 83.2 Å². The van der Waals surface area contributed by atoms with E-state index < -0.39 is 11.9 Å².